The normalized spacial score (nSPS) is 27.4. The Labute approximate surface area is 97.6 Å². The highest BCUT2D eigenvalue weighted by Crippen LogP contribution is 2.18. The van der Waals surface area contributed by atoms with E-state index in [1.54, 1.807) is 0 Å². The van der Waals surface area contributed by atoms with Crippen LogP contribution >= 0.6 is 0 Å². The molecule has 1 fully saturated rings. The molecule has 0 aromatic heterocycles. The number of hydrogen-bond acceptors (Lipinski definition) is 3. The van der Waals surface area contributed by atoms with Crippen LogP contribution in [0.5, 0.6) is 0 Å². The maximum Gasteiger partial charge on any atom is 0.237 e. The Bertz CT molecular complexity index is 221. The minimum absolute atomic E-state index is 0.0890. The fraction of sp³-hybridized carbons (Fsp3) is 0.917. The van der Waals surface area contributed by atoms with E-state index in [1.807, 2.05) is 0 Å². The number of hydrogen-bond donors (Lipinski definition) is 3. The summed E-state index contributed by atoms with van der Waals surface area (Å²) in [6, 6.07) is -0.511. The monoisotopic (exact) mass is 228 g/mol. The third kappa shape index (κ3) is 4.10. The molecule has 94 valence electrons. The maximum atomic E-state index is 11.7. The van der Waals surface area contributed by atoms with Gasteiger partial charge in [-0.3, -0.25) is 4.79 Å². The summed E-state index contributed by atoms with van der Waals surface area (Å²) in [5.74, 6) is -0.112. The fourth-order valence-electron chi connectivity index (χ4n) is 2.12. The number of aliphatic hydroxyl groups excluding tert-OH is 1. The topological polar surface area (TPSA) is 75.4 Å². The highest BCUT2D eigenvalue weighted by Gasteiger charge is 2.25. The second kappa shape index (κ2) is 6.86. The standard InChI is InChI=1S/C12H24N2O2/c1-2-3-6-9(13)12(16)14-10-7-4-5-8-11(10)15/h9-11,15H,2-8,13H2,1H3,(H,14,16)/t9-,10+,11+/m0/s1. The molecule has 4 N–H and O–H groups in total. The van der Waals surface area contributed by atoms with Gasteiger partial charge in [-0.15, -0.1) is 0 Å². The Morgan fingerprint density at radius 2 is 2.19 bits per heavy atom. The molecule has 0 aliphatic heterocycles. The molecule has 16 heavy (non-hydrogen) atoms. The number of carbonyl (C=O) groups excluding carboxylic acids is 1. The number of carbonyl (C=O) groups is 1. The Morgan fingerprint density at radius 1 is 1.50 bits per heavy atom. The van der Waals surface area contributed by atoms with Gasteiger partial charge in [0.2, 0.25) is 5.91 Å². The number of aliphatic hydroxyl groups is 1. The van der Waals surface area contributed by atoms with E-state index >= 15 is 0 Å². The van der Waals surface area contributed by atoms with Crippen LogP contribution in [0.15, 0.2) is 0 Å². The number of nitrogens with one attached hydrogen (secondary N) is 1. The quantitative estimate of drug-likeness (QED) is 0.655. The summed E-state index contributed by atoms with van der Waals surface area (Å²) in [5.41, 5.74) is 5.77. The van der Waals surface area contributed by atoms with Crippen molar-refractivity contribution in [2.75, 3.05) is 0 Å². The van der Waals surface area contributed by atoms with Crippen LogP contribution in [0.4, 0.5) is 0 Å². The van der Waals surface area contributed by atoms with Crippen molar-refractivity contribution >= 4 is 5.91 Å². The van der Waals surface area contributed by atoms with Crippen LogP contribution in [0.2, 0.25) is 0 Å². The predicted octanol–water partition coefficient (Wildman–Crippen LogP) is 0.924. The maximum absolute atomic E-state index is 11.7. The minimum atomic E-state index is -0.422. The van der Waals surface area contributed by atoms with Crippen molar-refractivity contribution in [3.63, 3.8) is 0 Å². The summed E-state index contributed by atoms with van der Waals surface area (Å²) in [6.45, 7) is 2.08. The molecule has 0 heterocycles. The summed E-state index contributed by atoms with van der Waals surface area (Å²) in [7, 11) is 0. The first kappa shape index (κ1) is 13.5. The first-order valence-electron chi connectivity index (χ1n) is 6.39. The Morgan fingerprint density at radius 3 is 2.81 bits per heavy atom. The van der Waals surface area contributed by atoms with Gasteiger partial charge in [-0.25, -0.2) is 0 Å². The lowest BCUT2D eigenvalue weighted by atomic mass is 9.92. The van der Waals surface area contributed by atoms with E-state index < -0.39 is 12.1 Å². The van der Waals surface area contributed by atoms with Crippen molar-refractivity contribution in [3.05, 3.63) is 0 Å². The lowest BCUT2D eigenvalue weighted by molar-refractivity contribution is -0.124. The van der Waals surface area contributed by atoms with E-state index in [4.69, 9.17) is 5.73 Å². The number of amides is 1. The lowest BCUT2D eigenvalue weighted by Crippen LogP contribution is -2.50. The van der Waals surface area contributed by atoms with Gasteiger partial charge < -0.3 is 16.2 Å². The van der Waals surface area contributed by atoms with Gasteiger partial charge in [0, 0.05) is 0 Å². The molecule has 0 unspecified atom stereocenters. The van der Waals surface area contributed by atoms with Crippen LogP contribution in [0, 0.1) is 0 Å². The second-order valence-corrected chi connectivity index (χ2v) is 4.72. The molecule has 0 bridgehead atoms. The first-order chi connectivity index (χ1) is 7.65. The Hall–Kier alpha value is -0.610. The molecule has 1 aliphatic carbocycles. The predicted molar refractivity (Wildman–Crippen MR) is 63.9 cm³/mol. The third-order valence-electron chi connectivity index (χ3n) is 3.26. The average molecular weight is 228 g/mol. The number of rotatable bonds is 5. The molecule has 4 nitrogen and oxygen atoms in total. The van der Waals surface area contributed by atoms with Crippen molar-refractivity contribution in [2.45, 2.75) is 70.1 Å². The van der Waals surface area contributed by atoms with E-state index in [1.165, 1.54) is 0 Å². The summed E-state index contributed by atoms with van der Waals surface area (Å²) in [4.78, 5) is 11.7. The van der Waals surface area contributed by atoms with Gasteiger partial charge in [-0.1, -0.05) is 32.6 Å². The lowest BCUT2D eigenvalue weighted by Gasteiger charge is -2.29. The van der Waals surface area contributed by atoms with E-state index in [-0.39, 0.29) is 11.9 Å². The SMILES string of the molecule is CCCC[C@H](N)C(=O)N[C@@H]1CCCC[C@H]1O. The molecule has 0 saturated heterocycles. The third-order valence-corrected chi connectivity index (χ3v) is 3.26. The van der Waals surface area contributed by atoms with E-state index in [2.05, 4.69) is 12.2 Å². The highest BCUT2D eigenvalue weighted by molar-refractivity contribution is 5.81. The molecule has 1 rings (SSSR count). The number of nitrogens with two attached hydrogens (primary N) is 1. The average Bonchev–Trinajstić information content (AvgIpc) is 2.28. The van der Waals surface area contributed by atoms with Crippen molar-refractivity contribution in [1.29, 1.82) is 0 Å². The molecule has 1 aliphatic rings. The Kier molecular flexibility index (Phi) is 5.77. The zero-order chi connectivity index (χ0) is 12.0. The van der Waals surface area contributed by atoms with Gasteiger partial charge in [0.1, 0.15) is 0 Å². The molecule has 1 saturated carbocycles. The zero-order valence-electron chi connectivity index (χ0n) is 10.1. The van der Waals surface area contributed by atoms with E-state index in [9.17, 15) is 9.90 Å². The van der Waals surface area contributed by atoms with Gasteiger partial charge in [0.05, 0.1) is 18.2 Å². The molecule has 4 heteroatoms. The van der Waals surface area contributed by atoms with Gasteiger partial charge >= 0.3 is 0 Å². The van der Waals surface area contributed by atoms with Crippen LogP contribution < -0.4 is 11.1 Å². The first-order valence-corrected chi connectivity index (χ1v) is 6.39. The van der Waals surface area contributed by atoms with Gasteiger partial charge in [0.25, 0.3) is 0 Å². The molecule has 0 aromatic carbocycles. The van der Waals surface area contributed by atoms with Crippen LogP contribution in [-0.4, -0.2) is 29.2 Å². The van der Waals surface area contributed by atoms with Gasteiger partial charge in [-0.05, 0) is 19.3 Å². The molecular formula is C12H24N2O2. The van der Waals surface area contributed by atoms with Crippen LogP contribution in [0.25, 0.3) is 0 Å². The fourth-order valence-corrected chi connectivity index (χ4v) is 2.12. The van der Waals surface area contributed by atoms with E-state index in [0.29, 0.717) is 0 Å². The van der Waals surface area contributed by atoms with Crippen LogP contribution in [0.3, 0.4) is 0 Å². The van der Waals surface area contributed by atoms with Crippen molar-refractivity contribution in [2.24, 2.45) is 5.73 Å². The molecule has 3 atom stereocenters. The molecule has 0 radical (unpaired) electrons. The van der Waals surface area contributed by atoms with Gasteiger partial charge in [-0.2, -0.15) is 0 Å². The van der Waals surface area contributed by atoms with Gasteiger partial charge in [0.15, 0.2) is 0 Å². The molecular weight excluding hydrogens is 204 g/mol. The zero-order valence-corrected chi connectivity index (χ0v) is 10.1. The summed E-state index contributed by atoms with van der Waals surface area (Å²) >= 11 is 0. The Balaban J connectivity index is 2.31. The summed E-state index contributed by atoms with van der Waals surface area (Å²) < 4.78 is 0. The van der Waals surface area contributed by atoms with Crippen molar-refractivity contribution < 1.29 is 9.90 Å². The summed E-state index contributed by atoms with van der Waals surface area (Å²) in [6.07, 6.45) is 6.14. The molecule has 0 spiro atoms. The second-order valence-electron chi connectivity index (χ2n) is 4.72. The number of unbranched alkanes of at least 4 members (excludes halogenated alkanes) is 1. The molecule has 0 aromatic rings. The van der Waals surface area contributed by atoms with Crippen molar-refractivity contribution in [3.8, 4) is 0 Å². The minimum Gasteiger partial charge on any atom is -0.391 e. The van der Waals surface area contributed by atoms with Crippen molar-refractivity contribution in [1.82, 2.24) is 5.32 Å². The van der Waals surface area contributed by atoms with Crippen LogP contribution in [0.1, 0.15) is 51.9 Å². The van der Waals surface area contributed by atoms with Crippen LogP contribution in [-0.2, 0) is 4.79 Å². The molecule has 1 amide bonds. The van der Waals surface area contributed by atoms with E-state index in [0.717, 1.165) is 44.9 Å². The summed E-state index contributed by atoms with van der Waals surface area (Å²) in [5, 5.41) is 12.6. The smallest absolute Gasteiger partial charge is 0.237 e. The largest absolute Gasteiger partial charge is 0.391 e. The highest BCUT2D eigenvalue weighted by atomic mass is 16.3.